The Hall–Kier alpha value is -2.87. The summed E-state index contributed by atoms with van der Waals surface area (Å²) >= 11 is 6.04. The Bertz CT molecular complexity index is 1230. The van der Waals surface area contributed by atoms with Gasteiger partial charge in [-0.15, -0.1) is 0 Å². The summed E-state index contributed by atoms with van der Waals surface area (Å²) in [6, 6.07) is 7.26. The number of aromatic nitrogens is 4. The highest BCUT2D eigenvalue weighted by molar-refractivity contribution is 6.31. The van der Waals surface area contributed by atoms with Crippen LogP contribution in [-0.2, 0) is 13.2 Å². The maximum Gasteiger partial charge on any atom is 0.435 e. The van der Waals surface area contributed by atoms with E-state index in [1.165, 1.54) is 22.9 Å². The van der Waals surface area contributed by atoms with Crippen LogP contribution in [0, 0.1) is 0 Å². The van der Waals surface area contributed by atoms with Crippen LogP contribution in [0.4, 0.5) is 13.2 Å². The molecule has 0 N–H and O–H groups in total. The summed E-state index contributed by atoms with van der Waals surface area (Å²) < 4.78 is 42.7. The standard InChI is InChI=1S/C17H10ClF3N4O/c1-24-8-11-10-5-4-9(18)7-13(10)25(16(26)14(11)23-24)12-3-2-6-22-15(12)17(19,20)21/h2-8H,1H3. The number of aryl methyl sites for hydroxylation is 1. The molecule has 0 atom stereocenters. The van der Waals surface area contributed by atoms with Gasteiger partial charge in [-0.1, -0.05) is 17.7 Å². The first-order valence-electron chi connectivity index (χ1n) is 7.47. The SMILES string of the molecule is Cn1cc2c(n1)c(=O)n(-c1cccnc1C(F)(F)F)c1cc(Cl)ccc21. The molecular formula is C17H10ClF3N4O. The predicted octanol–water partition coefficient (Wildman–Crippen LogP) is 3.94. The highest BCUT2D eigenvalue weighted by Crippen LogP contribution is 2.34. The zero-order valence-corrected chi connectivity index (χ0v) is 14.0. The van der Waals surface area contributed by atoms with Crippen molar-refractivity contribution in [2.75, 3.05) is 0 Å². The molecule has 0 aliphatic heterocycles. The molecular weight excluding hydrogens is 369 g/mol. The number of hydrogen-bond donors (Lipinski definition) is 0. The van der Waals surface area contributed by atoms with E-state index in [0.29, 0.717) is 15.8 Å². The van der Waals surface area contributed by atoms with Gasteiger partial charge in [-0.3, -0.25) is 14.0 Å². The summed E-state index contributed by atoms with van der Waals surface area (Å²) in [6.45, 7) is 0. The van der Waals surface area contributed by atoms with Crippen LogP contribution in [0.15, 0.2) is 47.5 Å². The highest BCUT2D eigenvalue weighted by Gasteiger charge is 2.36. The maximum absolute atomic E-state index is 13.4. The smallest absolute Gasteiger partial charge is 0.274 e. The quantitative estimate of drug-likeness (QED) is 0.504. The molecule has 3 aromatic heterocycles. The number of pyridine rings is 2. The van der Waals surface area contributed by atoms with E-state index in [4.69, 9.17) is 11.6 Å². The fourth-order valence-corrected chi connectivity index (χ4v) is 3.18. The van der Waals surface area contributed by atoms with Gasteiger partial charge < -0.3 is 0 Å². The molecule has 5 nitrogen and oxygen atoms in total. The predicted molar refractivity (Wildman–Crippen MR) is 91.6 cm³/mol. The average Bonchev–Trinajstić information content (AvgIpc) is 2.96. The average molecular weight is 379 g/mol. The van der Waals surface area contributed by atoms with Crippen LogP contribution in [0.3, 0.4) is 0 Å². The Balaban J connectivity index is 2.25. The molecule has 9 heteroatoms. The van der Waals surface area contributed by atoms with Gasteiger partial charge in [0, 0.05) is 35.2 Å². The van der Waals surface area contributed by atoms with Crippen molar-refractivity contribution in [3.05, 3.63) is 63.8 Å². The van der Waals surface area contributed by atoms with Crippen LogP contribution < -0.4 is 5.56 Å². The lowest BCUT2D eigenvalue weighted by atomic mass is 10.1. The van der Waals surface area contributed by atoms with Crippen LogP contribution in [0.5, 0.6) is 0 Å². The number of hydrogen-bond acceptors (Lipinski definition) is 3. The van der Waals surface area contributed by atoms with E-state index < -0.39 is 17.4 Å². The van der Waals surface area contributed by atoms with Crippen LogP contribution >= 0.6 is 11.6 Å². The van der Waals surface area contributed by atoms with Crippen molar-refractivity contribution in [2.45, 2.75) is 6.18 Å². The number of nitrogens with zero attached hydrogens (tertiary/aromatic N) is 4. The second kappa shape index (κ2) is 5.57. The van der Waals surface area contributed by atoms with Gasteiger partial charge in [0.15, 0.2) is 11.2 Å². The number of benzene rings is 1. The number of alkyl halides is 3. The summed E-state index contributed by atoms with van der Waals surface area (Å²) in [7, 11) is 1.64. The number of rotatable bonds is 1. The van der Waals surface area contributed by atoms with Crippen molar-refractivity contribution in [1.29, 1.82) is 0 Å². The highest BCUT2D eigenvalue weighted by atomic mass is 35.5. The molecule has 132 valence electrons. The monoisotopic (exact) mass is 378 g/mol. The number of halogens is 4. The Morgan fingerprint density at radius 3 is 2.65 bits per heavy atom. The van der Waals surface area contributed by atoms with Gasteiger partial charge in [0.2, 0.25) is 0 Å². The molecule has 0 aliphatic carbocycles. The summed E-state index contributed by atoms with van der Waals surface area (Å²) in [6.07, 6.45) is -2.04. The van der Waals surface area contributed by atoms with Crippen LogP contribution in [-0.4, -0.2) is 19.3 Å². The van der Waals surface area contributed by atoms with E-state index in [0.717, 1.165) is 10.8 Å². The summed E-state index contributed by atoms with van der Waals surface area (Å²) in [5.74, 6) is 0. The van der Waals surface area contributed by atoms with Crippen molar-refractivity contribution in [2.24, 2.45) is 7.05 Å². The molecule has 3 heterocycles. The third kappa shape index (κ3) is 2.45. The Kier molecular flexibility index (Phi) is 3.55. The van der Waals surface area contributed by atoms with Gasteiger partial charge in [-0.25, -0.2) is 4.98 Å². The molecule has 0 saturated carbocycles. The van der Waals surface area contributed by atoms with Gasteiger partial charge in [-0.05, 0) is 24.3 Å². The lowest BCUT2D eigenvalue weighted by Crippen LogP contribution is -2.23. The zero-order chi connectivity index (χ0) is 18.6. The second-order valence-corrected chi connectivity index (χ2v) is 6.17. The van der Waals surface area contributed by atoms with E-state index in [9.17, 15) is 18.0 Å². The molecule has 0 amide bonds. The largest absolute Gasteiger partial charge is 0.435 e. The van der Waals surface area contributed by atoms with E-state index in [-0.39, 0.29) is 16.7 Å². The summed E-state index contributed by atoms with van der Waals surface area (Å²) in [5.41, 5.74) is -1.88. The Labute approximate surface area is 149 Å². The normalized spacial score (nSPS) is 12.2. The molecule has 0 fully saturated rings. The second-order valence-electron chi connectivity index (χ2n) is 5.74. The fourth-order valence-electron chi connectivity index (χ4n) is 3.01. The van der Waals surface area contributed by atoms with Crippen molar-refractivity contribution in [3.8, 4) is 5.69 Å². The van der Waals surface area contributed by atoms with E-state index in [2.05, 4.69) is 10.1 Å². The molecule has 0 aliphatic rings. The van der Waals surface area contributed by atoms with Crippen molar-refractivity contribution < 1.29 is 13.2 Å². The minimum Gasteiger partial charge on any atom is -0.274 e. The van der Waals surface area contributed by atoms with Crippen LogP contribution in [0.25, 0.3) is 27.5 Å². The molecule has 26 heavy (non-hydrogen) atoms. The molecule has 4 aromatic rings. The van der Waals surface area contributed by atoms with Crippen molar-refractivity contribution >= 4 is 33.4 Å². The molecule has 0 spiro atoms. The van der Waals surface area contributed by atoms with E-state index >= 15 is 0 Å². The fraction of sp³-hybridized carbons (Fsp3) is 0.118. The lowest BCUT2D eigenvalue weighted by molar-refractivity contribution is -0.141. The molecule has 0 unspecified atom stereocenters. The molecule has 0 radical (unpaired) electrons. The van der Waals surface area contributed by atoms with E-state index in [1.54, 1.807) is 25.4 Å². The van der Waals surface area contributed by atoms with Gasteiger partial charge in [0.1, 0.15) is 0 Å². The number of fused-ring (bicyclic) bond motifs is 3. The first-order chi connectivity index (χ1) is 12.3. The molecule has 4 rings (SSSR count). The minimum atomic E-state index is -4.72. The van der Waals surface area contributed by atoms with Gasteiger partial charge in [-0.2, -0.15) is 18.3 Å². The third-order valence-electron chi connectivity index (χ3n) is 4.02. The Morgan fingerprint density at radius 1 is 1.15 bits per heavy atom. The topological polar surface area (TPSA) is 52.7 Å². The zero-order valence-electron chi connectivity index (χ0n) is 13.3. The Morgan fingerprint density at radius 2 is 1.92 bits per heavy atom. The van der Waals surface area contributed by atoms with Gasteiger partial charge >= 0.3 is 6.18 Å². The van der Waals surface area contributed by atoms with Crippen LogP contribution in [0.1, 0.15) is 5.69 Å². The van der Waals surface area contributed by atoms with Gasteiger partial charge in [0.25, 0.3) is 5.56 Å². The third-order valence-corrected chi connectivity index (χ3v) is 4.26. The summed E-state index contributed by atoms with van der Waals surface area (Å²) in [4.78, 5) is 16.4. The first kappa shape index (κ1) is 16.6. The summed E-state index contributed by atoms with van der Waals surface area (Å²) in [5, 5.41) is 5.51. The van der Waals surface area contributed by atoms with Crippen molar-refractivity contribution in [1.82, 2.24) is 19.3 Å². The molecule has 0 bridgehead atoms. The first-order valence-corrected chi connectivity index (χ1v) is 7.85. The molecule has 1 aromatic carbocycles. The maximum atomic E-state index is 13.4. The van der Waals surface area contributed by atoms with Crippen molar-refractivity contribution in [3.63, 3.8) is 0 Å². The van der Waals surface area contributed by atoms with E-state index in [1.807, 2.05) is 0 Å². The minimum absolute atomic E-state index is 0.0688. The van der Waals surface area contributed by atoms with Crippen LogP contribution in [0.2, 0.25) is 5.02 Å². The van der Waals surface area contributed by atoms with Gasteiger partial charge in [0.05, 0.1) is 11.2 Å². The lowest BCUT2D eigenvalue weighted by Gasteiger charge is -2.16. The molecule has 0 saturated heterocycles.